The number of benzene rings is 3. The lowest BCUT2D eigenvalue weighted by Gasteiger charge is -2.11. The Morgan fingerprint density at radius 1 is 1.06 bits per heavy atom. The zero-order valence-electron chi connectivity index (χ0n) is 17.5. The molecule has 3 rings (SSSR count). The third kappa shape index (κ3) is 7.40. The molecule has 2 N–H and O–H groups in total. The van der Waals surface area contributed by atoms with Crippen molar-refractivity contribution in [3.63, 3.8) is 0 Å². The monoisotopic (exact) mass is 452 g/mol. The van der Waals surface area contributed by atoms with Crippen molar-refractivity contribution >= 4 is 23.1 Å². The largest absolute Gasteiger partial charge is 0.573 e. The lowest BCUT2D eigenvalue weighted by atomic mass is 10.0. The summed E-state index contributed by atoms with van der Waals surface area (Å²) in [4.78, 5) is 15.7. The zero-order valence-corrected chi connectivity index (χ0v) is 17.5. The summed E-state index contributed by atoms with van der Waals surface area (Å²) in [5, 5.41) is 6.76. The van der Waals surface area contributed by atoms with Crippen LogP contribution in [-0.4, -0.2) is 18.1 Å². The molecule has 0 atom stereocenters. The number of amides is 2. The van der Waals surface area contributed by atoms with Gasteiger partial charge in [-0.3, -0.25) is 0 Å². The molecule has 6 nitrogen and oxygen atoms in total. The van der Waals surface area contributed by atoms with Crippen molar-refractivity contribution in [2.24, 2.45) is 5.10 Å². The average molecular weight is 452 g/mol. The number of alkyl halides is 3. The molecule has 2 amide bonds. The molecule has 0 unspecified atom stereocenters. The van der Waals surface area contributed by atoms with Crippen LogP contribution in [0.3, 0.4) is 0 Å². The van der Waals surface area contributed by atoms with Crippen LogP contribution in [-0.2, 0) is 6.42 Å². The number of carbonyl (C=O) groups excluding carboxylic acids is 1. The maximum Gasteiger partial charge on any atom is 0.573 e. The van der Waals surface area contributed by atoms with E-state index in [1.54, 1.807) is 12.1 Å². The lowest BCUT2D eigenvalue weighted by Crippen LogP contribution is -2.26. The van der Waals surface area contributed by atoms with E-state index >= 15 is 0 Å². The number of urea groups is 1. The van der Waals surface area contributed by atoms with E-state index in [-0.39, 0.29) is 5.69 Å². The van der Waals surface area contributed by atoms with Crippen molar-refractivity contribution in [1.29, 1.82) is 0 Å². The minimum Gasteiger partial charge on any atom is -0.406 e. The minimum absolute atomic E-state index is 0.268. The third-order valence-corrected chi connectivity index (χ3v) is 4.43. The topological polar surface area (TPSA) is 67.1 Å². The van der Waals surface area contributed by atoms with Gasteiger partial charge in [-0.15, -0.1) is 13.2 Å². The predicted molar refractivity (Wildman–Crippen MR) is 119 cm³/mol. The Balaban J connectivity index is 1.72. The molecule has 0 radical (unpaired) electrons. The van der Waals surface area contributed by atoms with E-state index in [4.69, 9.17) is 6.57 Å². The van der Waals surface area contributed by atoms with Crippen LogP contribution < -0.4 is 15.5 Å². The van der Waals surface area contributed by atoms with Crippen molar-refractivity contribution in [2.75, 3.05) is 5.32 Å². The molecule has 168 valence electrons. The first kappa shape index (κ1) is 23.3. The second-order valence-electron chi connectivity index (χ2n) is 7.02. The van der Waals surface area contributed by atoms with Crippen LogP contribution in [0.2, 0.25) is 0 Å². The highest BCUT2D eigenvalue weighted by Gasteiger charge is 2.30. The quantitative estimate of drug-likeness (QED) is 0.265. The van der Waals surface area contributed by atoms with Crippen LogP contribution in [0.1, 0.15) is 16.7 Å². The molecular formula is C24H19F3N4O2. The van der Waals surface area contributed by atoms with E-state index < -0.39 is 18.1 Å². The van der Waals surface area contributed by atoms with Gasteiger partial charge in [-0.25, -0.2) is 15.1 Å². The van der Waals surface area contributed by atoms with Gasteiger partial charge in [0.15, 0.2) is 5.69 Å². The van der Waals surface area contributed by atoms with Crippen molar-refractivity contribution < 1.29 is 22.7 Å². The van der Waals surface area contributed by atoms with E-state index in [1.165, 1.54) is 12.1 Å². The van der Waals surface area contributed by atoms with Gasteiger partial charge in [-0.2, -0.15) is 5.10 Å². The van der Waals surface area contributed by atoms with Gasteiger partial charge in [-0.1, -0.05) is 54.1 Å². The summed E-state index contributed by atoms with van der Waals surface area (Å²) < 4.78 is 40.6. The van der Waals surface area contributed by atoms with Gasteiger partial charge < -0.3 is 10.1 Å². The number of ether oxygens (including phenoxy) is 1. The zero-order chi connectivity index (χ0) is 23.8. The number of hydrogen-bond acceptors (Lipinski definition) is 3. The van der Waals surface area contributed by atoms with Gasteiger partial charge in [0.25, 0.3) is 0 Å². The minimum atomic E-state index is -4.79. The van der Waals surface area contributed by atoms with Gasteiger partial charge in [-0.05, 0) is 42.3 Å². The summed E-state index contributed by atoms with van der Waals surface area (Å²) in [5.41, 5.74) is 6.56. The van der Waals surface area contributed by atoms with Crippen molar-refractivity contribution in [3.8, 4) is 5.75 Å². The van der Waals surface area contributed by atoms with E-state index in [2.05, 4.69) is 25.4 Å². The third-order valence-electron chi connectivity index (χ3n) is 4.43. The fraction of sp³-hybridized carbons (Fsp3) is 0.125. The number of anilines is 1. The molecule has 0 spiro atoms. The molecule has 0 aliphatic carbocycles. The first-order chi connectivity index (χ1) is 15.7. The molecule has 33 heavy (non-hydrogen) atoms. The molecule has 0 aromatic heterocycles. The van der Waals surface area contributed by atoms with Gasteiger partial charge in [0.2, 0.25) is 0 Å². The van der Waals surface area contributed by atoms with Gasteiger partial charge in [0.05, 0.1) is 12.3 Å². The van der Waals surface area contributed by atoms with Crippen LogP contribution in [0, 0.1) is 13.5 Å². The number of halogens is 3. The first-order valence-corrected chi connectivity index (χ1v) is 9.74. The summed E-state index contributed by atoms with van der Waals surface area (Å²) >= 11 is 0. The Kier molecular flexibility index (Phi) is 7.31. The number of aryl methyl sites for hydroxylation is 1. The molecule has 0 saturated heterocycles. The number of carbonyl (C=O) groups is 1. The Labute approximate surface area is 188 Å². The number of rotatable bonds is 6. The molecule has 0 fully saturated rings. The Morgan fingerprint density at radius 3 is 2.36 bits per heavy atom. The van der Waals surface area contributed by atoms with Gasteiger partial charge in [0, 0.05) is 12.1 Å². The second kappa shape index (κ2) is 10.3. The summed E-state index contributed by atoms with van der Waals surface area (Å²) in [6.45, 7) is 9.00. The number of hydrazone groups is 1. The standard InChI is InChI=1S/C24H19F3N4O2/c1-16-4-3-5-18(14-16)22(15-17-6-8-19(28-2)9-7-17)30-31-23(32)29-20-10-12-21(13-11-20)33-24(25,26)27/h3-14H,15H2,1H3,(H2,29,31,32)/b30-22-. The second-order valence-corrected chi connectivity index (χ2v) is 7.02. The average Bonchev–Trinajstić information content (AvgIpc) is 2.77. The van der Waals surface area contributed by atoms with E-state index in [1.807, 2.05) is 43.3 Å². The summed E-state index contributed by atoms with van der Waals surface area (Å²) in [7, 11) is 0. The fourth-order valence-corrected chi connectivity index (χ4v) is 2.93. The maximum absolute atomic E-state index is 12.3. The molecule has 0 saturated carbocycles. The SMILES string of the molecule is [C-]#[N+]c1ccc(C/C(=N/NC(=O)Nc2ccc(OC(F)(F)F)cc2)c2cccc(C)c2)cc1. The smallest absolute Gasteiger partial charge is 0.406 e. The first-order valence-electron chi connectivity index (χ1n) is 9.74. The highest BCUT2D eigenvalue weighted by molar-refractivity contribution is 6.03. The molecular weight excluding hydrogens is 433 g/mol. The highest BCUT2D eigenvalue weighted by Crippen LogP contribution is 2.24. The predicted octanol–water partition coefficient (Wildman–Crippen LogP) is 6.21. The molecule has 0 aliphatic rings. The van der Waals surface area contributed by atoms with E-state index in [0.717, 1.165) is 28.8 Å². The van der Waals surface area contributed by atoms with Gasteiger partial charge >= 0.3 is 12.4 Å². The normalized spacial score (nSPS) is 11.4. The molecule has 3 aromatic rings. The van der Waals surface area contributed by atoms with E-state index in [9.17, 15) is 18.0 Å². The van der Waals surface area contributed by atoms with Crippen LogP contribution in [0.4, 0.5) is 29.3 Å². The van der Waals surface area contributed by atoms with Crippen LogP contribution in [0.25, 0.3) is 4.85 Å². The summed E-state index contributed by atoms with van der Waals surface area (Å²) in [6.07, 6.45) is -4.38. The van der Waals surface area contributed by atoms with Gasteiger partial charge in [0.1, 0.15) is 5.75 Å². The molecule has 0 bridgehead atoms. The van der Waals surface area contributed by atoms with E-state index in [0.29, 0.717) is 17.8 Å². The maximum atomic E-state index is 12.3. The molecule has 3 aromatic carbocycles. The summed E-state index contributed by atoms with van der Waals surface area (Å²) in [6, 6.07) is 18.8. The van der Waals surface area contributed by atoms with Crippen LogP contribution in [0.5, 0.6) is 5.75 Å². The van der Waals surface area contributed by atoms with Crippen LogP contribution >= 0.6 is 0 Å². The Morgan fingerprint density at radius 2 is 1.76 bits per heavy atom. The Hall–Kier alpha value is -4.32. The van der Waals surface area contributed by atoms with Crippen molar-refractivity contribution in [1.82, 2.24) is 5.43 Å². The van der Waals surface area contributed by atoms with Crippen molar-refractivity contribution in [2.45, 2.75) is 19.7 Å². The molecule has 0 heterocycles. The van der Waals surface area contributed by atoms with Crippen molar-refractivity contribution in [3.05, 3.63) is 101 Å². The number of nitrogens with one attached hydrogen (secondary N) is 2. The molecule has 0 aliphatic heterocycles. The lowest BCUT2D eigenvalue weighted by molar-refractivity contribution is -0.274. The fourth-order valence-electron chi connectivity index (χ4n) is 2.93. The van der Waals surface area contributed by atoms with Crippen LogP contribution in [0.15, 0.2) is 77.9 Å². The highest BCUT2D eigenvalue weighted by atomic mass is 19.4. The molecule has 9 heteroatoms. The summed E-state index contributed by atoms with van der Waals surface area (Å²) in [5.74, 6) is -0.391. The Bertz CT molecular complexity index is 1180. The number of hydrogen-bond donors (Lipinski definition) is 2. The number of nitrogens with zero attached hydrogens (tertiary/aromatic N) is 2.